The highest BCUT2D eigenvalue weighted by molar-refractivity contribution is 7.09. The van der Waals surface area contributed by atoms with E-state index in [9.17, 15) is 0 Å². The van der Waals surface area contributed by atoms with Crippen LogP contribution < -0.4 is 5.32 Å². The van der Waals surface area contributed by atoms with Crippen molar-refractivity contribution in [2.75, 3.05) is 26.7 Å². The van der Waals surface area contributed by atoms with Gasteiger partial charge in [0, 0.05) is 30.3 Å². The number of hydrogen-bond acceptors (Lipinski definition) is 4. The van der Waals surface area contributed by atoms with Gasteiger partial charge in [-0.25, -0.2) is 4.98 Å². The molecule has 4 heteroatoms. The van der Waals surface area contributed by atoms with Crippen LogP contribution in [-0.2, 0) is 6.42 Å². The molecule has 0 spiro atoms. The number of nitrogens with zero attached hydrogens (tertiary/aromatic N) is 2. The molecule has 0 atom stereocenters. The van der Waals surface area contributed by atoms with Gasteiger partial charge in [0.2, 0.25) is 0 Å². The molecular weight excluding hydrogens is 242 g/mol. The van der Waals surface area contributed by atoms with Crippen LogP contribution >= 0.6 is 11.3 Å². The molecule has 18 heavy (non-hydrogen) atoms. The molecule has 2 heterocycles. The van der Waals surface area contributed by atoms with E-state index in [1.807, 2.05) is 11.3 Å². The molecule has 2 rings (SSSR count). The highest BCUT2D eigenvalue weighted by Gasteiger charge is 2.20. The molecule has 0 radical (unpaired) electrons. The minimum Gasteiger partial charge on any atom is -0.314 e. The van der Waals surface area contributed by atoms with E-state index in [1.165, 1.54) is 36.6 Å². The Bertz CT molecular complexity index is 354. The number of thiazole rings is 1. The minimum absolute atomic E-state index is 0.568. The molecule has 0 aromatic carbocycles. The first kappa shape index (κ1) is 14.0. The topological polar surface area (TPSA) is 28.2 Å². The number of aromatic nitrogens is 1. The highest BCUT2D eigenvalue weighted by atomic mass is 32.1. The van der Waals surface area contributed by atoms with Crippen LogP contribution in [0.2, 0.25) is 0 Å². The van der Waals surface area contributed by atoms with E-state index in [4.69, 9.17) is 4.98 Å². The average Bonchev–Trinajstić information content (AvgIpc) is 2.78. The number of rotatable bonds is 5. The quantitative estimate of drug-likeness (QED) is 0.888. The second kappa shape index (κ2) is 6.64. The Kier molecular flexibility index (Phi) is 5.15. The first-order chi connectivity index (χ1) is 8.65. The Hall–Kier alpha value is -0.450. The van der Waals surface area contributed by atoms with Crippen LogP contribution in [0.15, 0.2) is 5.38 Å². The van der Waals surface area contributed by atoms with E-state index in [1.54, 1.807) is 0 Å². The number of hydrogen-bond donors (Lipinski definition) is 1. The maximum atomic E-state index is 4.82. The SMILES string of the molecule is CC(C)NCCc1nc(C2CCN(C)CC2)cs1. The first-order valence-electron chi connectivity index (χ1n) is 7.01. The molecule has 1 aliphatic heterocycles. The van der Waals surface area contributed by atoms with Gasteiger partial charge in [0.15, 0.2) is 0 Å². The summed E-state index contributed by atoms with van der Waals surface area (Å²) in [6, 6.07) is 0.568. The second-order valence-corrected chi connectivity index (χ2v) is 6.55. The molecule has 1 saturated heterocycles. The monoisotopic (exact) mass is 267 g/mol. The third-order valence-electron chi connectivity index (χ3n) is 3.60. The molecule has 1 aliphatic rings. The van der Waals surface area contributed by atoms with Gasteiger partial charge in [0.25, 0.3) is 0 Å². The van der Waals surface area contributed by atoms with Gasteiger partial charge in [-0.05, 0) is 33.0 Å². The predicted molar refractivity (Wildman–Crippen MR) is 78.4 cm³/mol. The van der Waals surface area contributed by atoms with Gasteiger partial charge in [-0.1, -0.05) is 13.8 Å². The largest absolute Gasteiger partial charge is 0.314 e. The standard InChI is InChI=1S/C14H25N3S/c1-11(2)15-7-4-14-16-13(10-18-14)12-5-8-17(3)9-6-12/h10-12,15H,4-9H2,1-3H3. The van der Waals surface area contributed by atoms with Gasteiger partial charge >= 0.3 is 0 Å². The Morgan fingerprint density at radius 1 is 1.44 bits per heavy atom. The molecular formula is C14H25N3S. The zero-order valence-electron chi connectivity index (χ0n) is 11.8. The van der Waals surface area contributed by atoms with E-state index < -0.39 is 0 Å². The molecule has 102 valence electrons. The Labute approximate surface area is 115 Å². The van der Waals surface area contributed by atoms with Crippen molar-refractivity contribution in [3.8, 4) is 0 Å². The van der Waals surface area contributed by atoms with Crippen LogP contribution in [0.5, 0.6) is 0 Å². The van der Waals surface area contributed by atoms with Crippen molar-refractivity contribution in [1.29, 1.82) is 0 Å². The lowest BCUT2D eigenvalue weighted by Crippen LogP contribution is -2.29. The van der Waals surface area contributed by atoms with Gasteiger partial charge in [-0.15, -0.1) is 11.3 Å². The molecule has 0 saturated carbocycles. The summed E-state index contributed by atoms with van der Waals surface area (Å²) >= 11 is 1.83. The van der Waals surface area contributed by atoms with Gasteiger partial charge in [-0.2, -0.15) is 0 Å². The lowest BCUT2D eigenvalue weighted by molar-refractivity contribution is 0.253. The van der Waals surface area contributed by atoms with Crippen molar-refractivity contribution >= 4 is 11.3 Å². The van der Waals surface area contributed by atoms with Crippen molar-refractivity contribution in [2.45, 2.75) is 45.1 Å². The van der Waals surface area contributed by atoms with Crippen molar-refractivity contribution in [1.82, 2.24) is 15.2 Å². The van der Waals surface area contributed by atoms with E-state index in [0.717, 1.165) is 13.0 Å². The maximum Gasteiger partial charge on any atom is 0.0941 e. The van der Waals surface area contributed by atoms with Gasteiger partial charge < -0.3 is 10.2 Å². The van der Waals surface area contributed by atoms with Gasteiger partial charge in [0.05, 0.1) is 10.7 Å². The van der Waals surface area contributed by atoms with Crippen molar-refractivity contribution < 1.29 is 0 Å². The summed E-state index contributed by atoms with van der Waals surface area (Å²) in [5.74, 6) is 0.698. The third-order valence-corrected chi connectivity index (χ3v) is 4.52. The normalized spacial score (nSPS) is 18.7. The van der Waals surface area contributed by atoms with E-state index in [2.05, 4.69) is 36.5 Å². The molecule has 1 aromatic heterocycles. The zero-order chi connectivity index (χ0) is 13.0. The molecule has 1 aromatic rings. The number of nitrogens with one attached hydrogen (secondary N) is 1. The fourth-order valence-electron chi connectivity index (χ4n) is 2.40. The molecule has 0 unspecified atom stereocenters. The van der Waals surface area contributed by atoms with Crippen molar-refractivity contribution in [3.63, 3.8) is 0 Å². The van der Waals surface area contributed by atoms with E-state index in [-0.39, 0.29) is 0 Å². The summed E-state index contributed by atoms with van der Waals surface area (Å²) in [5, 5.41) is 7.02. The van der Waals surface area contributed by atoms with Crippen LogP contribution in [0.4, 0.5) is 0 Å². The molecule has 0 bridgehead atoms. The number of likely N-dealkylation sites (tertiary alicyclic amines) is 1. The first-order valence-corrected chi connectivity index (χ1v) is 7.89. The molecule has 0 aliphatic carbocycles. The maximum absolute atomic E-state index is 4.82. The Morgan fingerprint density at radius 3 is 2.83 bits per heavy atom. The summed E-state index contributed by atoms with van der Waals surface area (Å²) in [6.07, 6.45) is 3.60. The Morgan fingerprint density at radius 2 is 2.17 bits per heavy atom. The summed E-state index contributed by atoms with van der Waals surface area (Å²) in [4.78, 5) is 7.23. The van der Waals surface area contributed by atoms with E-state index >= 15 is 0 Å². The molecule has 0 amide bonds. The predicted octanol–water partition coefficient (Wildman–Crippen LogP) is 2.49. The summed E-state index contributed by atoms with van der Waals surface area (Å²) in [5.41, 5.74) is 1.34. The fraction of sp³-hybridized carbons (Fsp3) is 0.786. The molecule has 1 N–H and O–H groups in total. The second-order valence-electron chi connectivity index (χ2n) is 5.60. The van der Waals surface area contributed by atoms with Crippen molar-refractivity contribution in [2.24, 2.45) is 0 Å². The van der Waals surface area contributed by atoms with Crippen LogP contribution in [0.25, 0.3) is 0 Å². The summed E-state index contributed by atoms with van der Waals surface area (Å²) < 4.78 is 0. The molecule has 1 fully saturated rings. The van der Waals surface area contributed by atoms with Crippen molar-refractivity contribution in [3.05, 3.63) is 16.1 Å². The zero-order valence-corrected chi connectivity index (χ0v) is 12.6. The van der Waals surface area contributed by atoms with Crippen LogP contribution in [-0.4, -0.2) is 42.6 Å². The van der Waals surface area contributed by atoms with Gasteiger partial charge in [-0.3, -0.25) is 0 Å². The van der Waals surface area contributed by atoms with Crippen LogP contribution in [0.1, 0.15) is 43.3 Å². The van der Waals surface area contributed by atoms with E-state index in [0.29, 0.717) is 12.0 Å². The molecule has 3 nitrogen and oxygen atoms in total. The van der Waals surface area contributed by atoms with Gasteiger partial charge in [0.1, 0.15) is 0 Å². The third kappa shape index (κ3) is 4.04. The summed E-state index contributed by atoms with van der Waals surface area (Å²) in [6.45, 7) is 7.84. The van der Waals surface area contributed by atoms with Crippen LogP contribution in [0, 0.1) is 0 Å². The van der Waals surface area contributed by atoms with Crippen LogP contribution in [0.3, 0.4) is 0 Å². The lowest BCUT2D eigenvalue weighted by Gasteiger charge is -2.27. The lowest BCUT2D eigenvalue weighted by atomic mass is 9.95. The highest BCUT2D eigenvalue weighted by Crippen LogP contribution is 2.28. The number of piperidine rings is 1. The Balaban J connectivity index is 1.82. The fourth-order valence-corrected chi connectivity index (χ4v) is 3.28. The average molecular weight is 267 g/mol. The minimum atomic E-state index is 0.568. The smallest absolute Gasteiger partial charge is 0.0941 e. The summed E-state index contributed by atoms with van der Waals surface area (Å²) in [7, 11) is 2.21.